The zero-order valence-corrected chi connectivity index (χ0v) is 11.4. The Kier molecular flexibility index (Phi) is 2.73. The Bertz CT molecular complexity index is 322. The van der Waals surface area contributed by atoms with E-state index in [1.807, 2.05) is 0 Å². The Morgan fingerprint density at radius 3 is 2.38 bits per heavy atom. The maximum Gasteiger partial charge on any atom is 0.0496 e. The largest absolute Gasteiger partial charge is 0.396 e. The lowest BCUT2D eigenvalue weighted by molar-refractivity contribution is 0.169. The summed E-state index contributed by atoms with van der Waals surface area (Å²) >= 11 is 0. The Morgan fingerprint density at radius 1 is 1.19 bits per heavy atom. The van der Waals surface area contributed by atoms with E-state index in [1.54, 1.807) is 11.1 Å². The van der Waals surface area contributed by atoms with E-state index in [0.717, 1.165) is 0 Å². The molecule has 1 nitrogen and oxygen atoms in total. The lowest BCUT2D eigenvalue weighted by Gasteiger charge is -2.36. The summed E-state index contributed by atoms with van der Waals surface area (Å²) in [7, 11) is 0. The van der Waals surface area contributed by atoms with Gasteiger partial charge >= 0.3 is 0 Å². The highest BCUT2D eigenvalue weighted by Crippen LogP contribution is 2.61. The van der Waals surface area contributed by atoms with Crippen molar-refractivity contribution in [2.45, 2.75) is 53.9 Å². The van der Waals surface area contributed by atoms with Gasteiger partial charge in [0.15, 0.2) is 0 Å². The Balaban J connectivity index is 2.53. The fourth-order valence-corrected chi connectivity index (χ4v) is 4.21. The molecule has 0 heterocycles. The van der Waals surface area contributed by atoms with E-state index in [0.29, 0.717) is 23.9 Å². The van der Waals surface area contributed by atoms with Crippen molar-refractivity contribution in [3.8, 4) is 0 Å². The van der Waals surface area contributed by atoms with Crippen LogP contribution in [0.25, 0.3) is 0 Å². The molecule has 0 aliphatic heterocycles. The molecule has 92 valence electrons. The highest BCUT2D eigenvalue weighted by molar-refractivity contribution is 5.38. The Labute approximate surface area is 99.9 Å². The molecule has 2 unspecified atom stereocenters. The third-order valence-corrected chi connectivity index (χ3v) is 5.57. The molecule has 1 heteroatoms. The summed E-state index contributed by atoms with van der Waals surface area (Å²) in [6.07, 6.45) is 3.70. The van der Waals surface area contributed by atoms with Gasteiger partial charge in [-0.3, -0.25) is 0 Å². The van der Waals surface area contributed by atoms with Crippen molar-refractivity contribution >= 4 is 0 Å². The standard InChI is InChI=1S/C15H26O/c1-10-14(2,3)12-8-6-7-11(9-16)13(12)15(10,4)5/h10-11,16H,6-9H2,1-5H3. The summed E-state index contributed by atoms with van der Waals surface area (Å²) in [6.45, 7) is 12.2. The molecule has 16 heavy (non-hydrogen) atoms. The van der Waals surface area contributed by atoms with Crippen LogP contribution in [0.15, 0.2) is 11.1 Å². The SMILES string of the molecule is CC1C(C)(C)C2=C(C(CO)CCC2)C1(C)C. The first kappa shape index (κ1) is 12.2. The van der Waals surface area contributed by atoms with Gasteiger partial charge in [0.1, 0.15) is 0 Å². The van der Waals surface area contributed by atoms with Crippen LogP contribution in [0.2, 0.25) is 0 Å². The van der Waals surface area contributed by atoms with Crippen LogP contribution < -0.4 is 0 Å². The van der Waals surface area contributed by atoms with Crippen molar-refractivity contribution in [2.24, 2.45) is 22.7 Å². The minimum atomic E-state index is 0.270. The summed E-state index contributed by atoms with van der Waals surface area (Å²) in [6, 6.07) is 0. The second-order valence-electron chi connectivity index (χ2n) is 6.83. The third kappa shape index (κ3) is 1.40. The number of hydrogen-bond donors (Lipinski definition) is 1. The van der Waals surface area contributed by atoms with Crippen LogP contribution in [0, 0.1) is 22.7 Å². The predicted molar refractivity (Wildman–Crippen MR) is 68.2 cm³/mol. The third-order valence-electron chi connectivity index (χ3n) is 5.57. The van der Waals surface area contributed by atoms with Gasteiger partial charge in [-0.15, -0.1) is 0 Å². The molecule has 0 bridgehead atoms. The van der Waals surface area contributed by atoms with E-state index in [9.17, 15) is 5.11 Å². The molecular formula is C15H26O. The summed E-state index contributed by atoms with van der Waals surface area (Å²) < 4.78 is 0. The molecule has 0 aromatic heterocycles. The molecule has 0 saturated heterocycles. The van der Waals surface area contributed by atoms with Crippen molar-refractivity contribution in [3.63, 3.8) is 0 Å². The summed E-state index contributed by atoms with van der Waals surface area (Å²) in [5.41, 5.74) is 3.85. The van der Waals surface area contributed by atoms with Gasteiger partial charge in [-0.25, -0.2) is 0 Å². The van der Waals surface area contributed by atoms with Crippen molar-refractivity contribution in [1.82, 2.24) is 0 Å². The first-order valence-electron chi connectivity index (χ1n) is 6.68. The van der Waals surface area contributed by atoms with Gasteiger partial charge in [0.05, 0.1) is 0 Å². The fourth-order valence-electron chi connectivity index (χ4n) is 4.21. The van der Waals surface area contributed by atoms with E-state index >= 15 is 0 Å². The Morgan fingerprint density at radius 2 is 1.81 bits per heavy atom. The zero-order valence-electron chi connectivity index (χ0n) is 11.4. The lowest BCUT2D eigenvalue weighted by Crippen LogP contribution is -2.29. The van der Waals surface area contributed by atoms with Crippen molar-refractivity contribution in [3.05, 3.63) is 11.1 Å². The van der Waals surface area contributed by atoms with E-state index < -0.39 is 0 Å². The molecule has 2 atom stereocenters. The molecule has 1 N–H and O–H groups in total. The van der Waals surface area contributed by atoms with Crippen LogP contribution >= 0.6 is 0 Å². The lowest BCUT2D eigenvalue weighted by atomic mass is 9.68. The normalized spacial score (nSPS) is 36.4. The van der Waals surface area contributed by atoms with Crippen LogP contribution in [0.1, 0.15) is 53.9 Å². The van der Waals surface area contributed by atoms with Gasteiger partial charge in [-0.05, 0) is 36.0 Å². The molecule has 2 aliphatic carbocycles. The second kappa shape index (κ2) is 3.60. The number of allylic oxidation sites excluding steroid dienone is 1. The number of aliphatic hydroxyl groups excluding tert-OH is 1. The minimum Gasteiger partial charge on any atom is -0.396 e. The van der Waals surface area contributed by atoms with E-state index in [1.165, 1.54) is 19.3 Å². The van der Waals surface area contributed by atoms with E-state index in [2.05, 4.69) is 34.6 Å². The van der Waals surface area contributed by atoms with E-state index in [-0.39, 0.29) is 5.41 Å². The predicted octanol–water partition coefficient (Wildman–Crippen LogP) is 3.78. The van der Waals surface area contributed by atoms with Gasteiger partial charge in [0, 0.05) is 12.5 Å². The van der Waals surface area contributed by atoms with Gasteiger partial charge in [0.25, 0.3) is 0 Å². The van der Waals surface area contributed by atoms with Crippen molar-refractivity contribution < 1.29 is 5.11 Å². The second-order valence-corrected chi connectivity index (χ2v) is 6.83. The van der Waals surface area contributed by atoms with Crippen LogP contribution in [-0.4, -0.2) is 11.7 Å². The minimum absolute atomic E-state index is 0.270. The average Bonchev–Trinajstić information content (AvgIpc) is 2.38. The molecule has 0 aromatic carbocycles. The molecule has 0 saturated carbocycles. The maximum atomic E-state index is 9.59. The molecule has 2 rings (SSSR count). The van der Waals surface area contributed by atoms with Gasteiger partial charge < -0.3 is 5.11 Å². The van der Waals surface area contributed by atoms with Crippen molar-refractivity contribution in [1.29, 1.82) is 0 Å². The molecule has 2 aliphatic rings. The highest BCUT2D eigenvalue weighted by Gasteiger charge is 2.52. The molecule has 0 fully saturated rings. The molecule has 0 radical (unpaired) electrons. The Hall–Kier alpha value is -0.300. The maximum absolute atomic E-state index is 9.59. The zero-order chi connectivity index (χ0) is 12.1. The molecule has 0 spiro atoms. The monoisotopic (exact) mass is 222 g/mol. The van der Waals surface area contributed by atoms with Crippen LogP contribution in [-0.2, 0) is 0 Å². The number of aliphatic hydroxyl groups is 1. The summed E-state index contributed by atoms with van der Waals surface area (Å²) in [5.74, 6) is 1.11. The quantitative estimate of drug-likeness (QED) is 0.669. The van der Waals surface area contributed by atoms with Gasteiger partial charge in [0.2, 0.25) is 0 Å². The number of rotatable bonds is 1. The van der Waals surface area contributed by atoms with Crippen LogP contribution in [0.3, 0.4) is 0 Å². The average molecular weight is 222 g/mol. The van der Waals surface area contributed by atoms with E-state index in [4.69, 9.17) is 0 Å². The van der Waals surface area contributed by atoms with Crippen LogP contribution in [0.5, 0.6) is 0 Å². The van der Waals surface area contributed by atoms with Crippen molar-refractivity contribution in [2.75, 3.05) is 6.61 Å². The summed E-state index contributed by atoms with van der Waals surface area (Å²) in [5, 5.41) is 9.59. The summed E-state index contributed by atoms with van der Waals surface area (Å²) in [4.78, 5) is 0. The smallest absolute Gasteiger partial charge is 0.0496 e. The van der Waals surface area contributed by atoms with Gasteiger partial charge in [-0.2, -0.15) is 0 Å². The molecule has 0 aromatic rings. The highest BCUT2D eigenvalue weighted by atomic mass is 16.3. The molecule has 0 amide bonds. The fraction of sp³-hybridized carbons (Fsp3) is 0.867. The first-order valence-corrected chi connectivity index (χ1v) is 6.68. The van der Waals surface area contributed by atoms with Gasteiger partial charge in [-0.1, -0.05) is 45.8 Å². The van der Waals surface area contributed by atoms with Crippen LogP contribution in [0.4, 0.5) is 0 Å². The first-order chi connectivity index (χ1) is 7.33. The molecular weight excluding hydrogens is 196 g/mol. The number of hydrogen-bond acceptors (Lipinski definition) is 1. The topological polar surface area (TPSA) is 20.2 Å².